The summed E-state index contributed by atoms with van der Waals surface area (Å²) in [6.07, 6.45) is 1.35. The fourth-order valence-electron chi connectivity index (χ4n) is 1.29. The number of hydrogen-bond donors (Lipinski definition) is 1. The van der Waals surface area contributed by atoms with E-state index < -0.39 is 11.9 Å². The predicted octanol–water partition coefficient (Wildman–Crippen LogP) is 1.74. The number of esters is 1. The summed E-state index contributed by atoms with van der Waals surface area (Å²) in [5.74, 6) is -1.38. The Kier molecular flexibility index (Phi) is 6.08. The fourth-order valence-corrected chi connectivity index (χ4v) is 1.29. The summed E-state index contributed by atoms with van der Waals surface area (Å²) in [7, 11) is 1.30. The predicted molar refractivity (Wildman–Crippen MR) is 62.9 cm³/mol. The summed E-state index contributed by atoms with van der Waals surface area (Å²) >= 11 is 0. The van der Waals surface area contributed by atoms with E-state index in [1.54, 1.807) is 6.92 Å². The molecule has 0 fully saturated rings. The number of rotatable bonds is 5. The van der Waals surface area contributed by atoms with Gasteiger partial charge in [-0.15, -0.1) is 0 Å². The average molecular weight is 229 g/mol. The monoisotopic (exact) mass is 229 g/mol. The summed E-state index contributed by atoms with van der Waals surface area (Å²) in [5, 5.41) is 2.77. The Hall–Kier alpha value is -1.06. The molecule has 0 saturated heterocycles. The van der Waals surface area contributed by atoms with Crippen LogP contribution in [0.1, 0.15) is 40.5 Å². The van der Waals surface area contributed by atoms with Crippen molar-refractivity contribution in [3.63, 3.8) is 0 Å². The van der Waals surface area contributed by atoms with Crippen molar-refractivity contribution in [2.75, 3.05) is 13.7 Å². The zero-order valence-corrected chi connectivity index (χ0v) is 10.9. The lowest BCUT2D eigenvalue weighted by Gasteiger charge is -2.19. The highest BCUT2D eigenvalue weighted by Crippen LogP contribution is 2.17. The molecule has 0 aliphatic rings. The first kappa shape index (κ1) is 14.9. The van der Waals surface area contributed by atoms with Crippen LogP contribution in [0.5, 0.6) is 0 Å². The molecule has 0 aliphatic heterocycles. The van der Waals surface area contributed by atoms with E-state index in [9.17, 15) is 9.59 Å². The van der Waals surface area contributed by atoms with Crippen LogP contribution in [0, 0.1) is 11.3 Å². The van der Waals surface area contributed by atoms with Gasteiger partial charge >= 0.3 is 5.97 Å². The number of hydrogen-bond acceptors (Lipinski definition) is 3. The molecule has 0 heterocycles. The highest BCUT2D eigenvalue weighted by molar-refractivity contribution is 5.97. The molecule has 0 bridgehead atoms. The zero-order valence-electron chi connectivity index (χ0n) is 10.9. The summed E-state index contributed by atoms with van der Waals surface area (Å²) in [6.45, 7) is 8.71. The van der Waals surface area contributed by atoms with Crippen molar-refractivity contribution < 1.29 is 14.3 Å². The Morgan fingerprint density at radius 3 is 2.25 bits per heavy atom. The maximum atomic E-state index is 11.6. The van der Waals surface area contributed by atoms with Crippen LogP contribution in [0.15, 0.2) is 0 Å². The van der Waals surface area contributed by atoms with E-state index in [2.05, 4.69) is 30.8 Å². The van der Waals surface area contributed by atoms with E-state index in [0.29, 0.717) is 13.0 Å². The summed E-state index contributed by atoms with van der Waals surface area (Å²) < 4.78 is 4.57. The SMILES string of the molecule is CCC(C(=O)NCCC(C)(C)C)C(=O)OC. The van der Waals surface area contributed by atoms with Gasteiger partial charge in [0.1, 0.15) is 5.92 Å². The van der Waals surface area contributed by atoms with Gasteiger partial charge in [0, 0.05) is 6.54 Å². The molecule has 1 unspecified atom stereocenters. The molecule has 1 N–H and O–H groups in total. The first-order chi connectivity index (χ1) is 7.31. The summed E-state index contributed by atoms with van der Waals surface area (Å²) in [6, 6.07) is 0. The van der Waals surface area contributed by atoms with Gasteiger partial charge in [0.2, 0.25) is 5.91 Å². The molecular formula is C12H23NO3. The summed E-state index contributed by atoms with van der Waals surface area (Å²) in [4.78, 5) is 22.9. The molecule has 0 aliphatic carbocycles. The van der Waals surface area contributed by atoms with Gasteiger partial charge in [-0.05, 0) is 18.3 Å². The first-order valence-electron chi connectivity index (χ1n) is 5.67. The van der Waals surface area contributed by atoms with Crippen molar-refractivity contribution in [2.24, 2.45) is 11.3 Å². The molecule has 0 aromatic rings. The number of carbonyl (C=O) groups is 2. The van der Waals surface area contributed by atoms with Crippen LogP contribution in [0.2, 0.25) is 0 Å². The van der Waals surface area contributed by atoms with Crippen molar-refractivity contribution in [1.29, 1.82) is 0 Å². The number of nitrogens with one attached hydrogen (secondary N) is 1. The van der Waals surface area contributed by atoms with E-state index in [1.807, 2.05) is 0 Å². The normalized spacial score (nSPS) is 13.1. The molecule has 94 valence electrons. The third-order valence-corrected chi connectivity index (χ3v) is 2.38. The second-order valence-corrected chi connectivity index (χ2v) is 5.09. The minimum absolute atomic E-state index is 0.181. The molecule has 1 amide bonds. The lowest BCUT2D eigenvalue weighted by molar-refractivity contribution is -0.150. The van der Waals surface area contributed by atoms with E-state index in [1.165, 1.54) is 7.11 Å². The van der Waals surface area contributed by atoms with Crippen LogP contribution >= 0.6 is 0 Å². The molecular weight excluding hydrogens is 206 g/mol. The minimum Gasteiger partial charge on any atom is -0.468 e. The van der Waals surface area contributed by atoms with Gasteiger partial charge in [-0.25, -0.2) is 0 Å². The molecule has 0 aromatic carbocycles. The van der Waals surface area contributed by atoms with E-state index in [0.717, 1.165) is 6.42 Å². The third kappa shape index (κ3) is 5.73. The van der Waals surface area contributed by atoms with Crippen molar-refractivity contribution in [3.8, 4) is 0 Å². The number of methoxy groups -OCH3 is 1. The molecule has 0 spiro atoms. The third-order valence-electron chi connectivity index (χ3n) is 2.38. The highest BCUT2D eigenvalue weighted by Gasteiger charge is 2.25. The zero-order chi connectivity index (χ0) is 12.8. The first-order valence-corrected chi connectivity index (χ1v) is 5.67. The smallest absolute Gasteiger partial charge is 0.318 e. The Labute approximate surface area is 97.7 Å². The molecule has 0 aromatic heterocycles. The largest absolute Gasteiger partial charge is 0.468 e. The molecule has 4 heteroatoms. The molecule has 0 radical (unpaired) electrons. The highest BCUT2D eigenvalue weighted by atomic mass is 16.5. The van der Waals surface area contributed by atoms with Gasteiger partial charge in [0.25, 0.3) is 0 Å². The van der Waals surface area contributed by atoms with E-state index in [-0.39, 0.29) is 11.3 Å². The van der Waals surface area contributed by atoms with Gasteiger partial charge < -0.3 is 10.1 Å². The molecule has 1 atom stereocenters. The quantitative estimate of drug-likeness (QED) is 0.577. The molecule has 0 saturated carbocycles. The summed E-state index contributed by atoms with van der Waals surface area (Å²) in [5.41, 5.74) is 0.181. The van der Waals surface area contributed by atoms with Gasteiger partial charge in [-0.3, -0.25) is 9.59 Å². The van der Waals surface area contributed by atoms with Gasteiger partial charge in [0.15, 0.2) is 0 Å². The lowest BCUT2D eigenvalue weighted by Crippen LogP contribution is -2.37. The van der Waals surface area contributed by atoms with Crippen molar-refractivity contribution in [3.05, 3.63) is 0 Å². The lowest BCUT2D eigenvalue weighted by atomic mass is 9.92. The van der Waals surface area contributed by atoms with E-state index >= 15 is 0 Å². The second kappa shape index (κ2) is 6.51. The van der Waals surface area contributed by atoms with Gasteiger partial charge in [0.05, 0.1) is 7.11 Å². The Balaban J connectivity index is 4.08. The van der Waals surface area contributed by atoms with Crippen LogP contribution < -0.4 is 5.32 Å². The van der Waals surface area contributed by atoms with Crippen LogP contribution in [0.3, 0.4) is 0 Å². The Morgan fingerprint density at radius 2 is 1.88 bits per heavy atom. The van der Waals surface area contributed by atoms with Crippen molar-refractivity contribution in [1.82, 2.24) is 5.32 Å². The molecule has 4 nitrogen and oxygen atoms in total. The second-order valence-electron chi connectivity index (χ2n) is 5.09. The average Bonchev–Trinajstić information content (AvgIpc) is 2.16. The number of amides is 1. The maximum absolute atomic E-state index is 11.6. The van der Waals surface area contributed by atoms with Crippen LogP contribution in [0.25, 0.3) is 0 Å². The van der Waals surface area contributed by atoms with Crippen LogP contribution in [-0.4, -0.2) is 25.5 Å². The minimum atomic E-state index is -0.676. The van der Waals surface area contributed by atoms with Crippen molar-refractivity contribution >= 4 is 11.9 Å². The molecule has 16 heavy (non-hydrogen) atoms. The van der Waals surface area contributed by atoms with Gasteiger partial charge in [-0.1, -0.05) is 27.7 Å². The Morgan fingerprint density at radius 1 is 1.31 bits per heavy atom. The van der Waals surface area contributed by atoms with Crippen molar-refractivity contribution in [2.45, 2.75) is 40.5 Å². The maximum Gasteiger partial charge on any atom is 0.318 e. The van der Waals surface area contributed by atoms with Crippen LogP contribution in [-0.2, 0) is 14.3 Å². The fraction of sp³-hybridized carbons (Fsp3) is 0.833. The molecule has 0 rings (SSSR count). The van der Waals surface area contributed by atoms with Gasteiger partial charge in [-0.2, -0.15) is 0 Å². The van der Waals surface area contributed by atoms with Crippen LogP contribution in [0.4, 0.5) is 0 Å². The topological polar surface area (TPSA) is 55.4 Å². The number of carbonyl (C=O) groups excluding carboxylic acids is 2. The number of ether oxygens (including phenoxy) is 1. The standard InChI is InChI=1S/C12H23NO3/c1-6-9(11(15)16-5)10(14)13-8-7-12(2,3)4/h9H,6-8H2,1-5H3,(H,13,14). The van der Waals surface area contributed by atoms with E-state index in [4.69, 9.17) is 0 Å². The Bertz CT molecular complexity index is 243.